The molecule has 1 N–H and O–H groups in total. The molecule has 5 nitrogen and oxygen atoms in total. The Kier molecular flexibility index (Phi) is 5.76. The molecule has 0 bridgehead atoms. The number of hydrogen-bond acceptors (Lipinski definition) is 4. The van der Waals surface area contributed by atoms with E-state index in [-0.39, 0.29) is 4.90 Å². The minimum absolute atomic E-state index is 0.167. The number of hydrogen-bond donors (Lipinski definition) is 1. The second-order valence-electron chi connectivity index (χ2n) is 6.06. The van der Waals surface area contributed by atoms with Gasteiger partial charge in [0, 0.05) is 18.4 Å². The van der Waals surface area contributed by atoms with Gasteiger partial charge in [0.1, 0.15) is 10.7 Å². The van der Waals surface area contributed by atoms with Gasteiger partial charge in [0.05, 0.1) is 5.69 Å². The summed E-state index contributed by atoms with van der Waals surface area (Å²) in [5.74, 6) is 0.598. The van der Waals surface area contributed by atoms with Crippen LogP contribution < -0.4 is 9.62 Å². The Balaban J connectivity index is 1.80. The van der Waals surface area contributed by atoms with Crippen molar-refractivity contribution in [2.75, 3.05) is 16.2 Å². The van der Waals surface area contributed by atoms with Crippen molar-refractivity contribution in [2.24, 2.45) is 0 Å². The van der Waals surface area contributed by atoms with E-state index >= 15 is 0 Å². The molecule has 1 aromatic heterocycles. The van der Waals surface area contributed by atoms with Gasteiger partial charge in [-0.2, -0.15) is 0 Å². The van der Waals surface area contributed by atoms with E-state index in [1.165, 1.54) is 16.1 Å². The van der Waals surface area contributed by atoms with Crippen LogP contribution in [0.15, 0.2) is 77.8 Å². The highest BCUT2D eigenvalue weighted by Gasteiger charge is 2.23. The number of sulfonamides is 1. The zero-order chi connectivity index (χ0) is 19.3. The monoisotopic (exact) mass is 381 g/mol. The van der Waals surface area contributed by atoms with Crippen LogP contribution in [0, 0.1) is 0 Å². The standard InChI is InChI=1S/C21H23N3O2S/c1-3-17-10-12-18(13-11-17)23-21-15-14-20(16-22-21)27(25,26)24(4-2)19-8-6-5-7-9-19/h5-16H,3-4H2,1-2H3,(H,22,23). The first kappa shape index (κ1) is 18.9. The predicted molar refractivity (Wildman–Crippen MR) is 110 cm³/mol. The van der Waals surface area contributed by atoms with E-state index in [0.717, 1.165) is 12.1 Å². The molecule has 0 radical (unpaired) electrons. The van der Waals surface area contributed by atoms with Gasteiger partial charge in [-0.05, 0) is 55.3 Å². The van der Waals surface area contributed by atoms with Crippen LogP contribution in [-0.4, -0.2) is 19.9 Å². The van der Waals surface area contributed by atoms with Crippen molar-refractivity contribution in [2.45, 2.75) is 25.2 Å². The van der Waals surface area contributed by atoms with Crippen LogP contribution in [0.1, 0.15) is 19.4 Å². The molecule has 0 fully saturated rings. The van der Waals surface area contributed by atoms with Crippen molar-refractivity contribution in [3.05, 3.63) is 78.5 Å². The summed E-state index contributed by atoms with van der Waals surface area (Å²) in [6, 6.07) is 20.4. The number of para-hydroxylation sites is 1. The Morgan fingerprint density at radius 1 is 0.926 bits per heavy atom. The third-order valence-electron chi connectivity index (χ3n) is 4.29. The van der Waals surface area contributed by atoms with Crippen molar-refractivity contribution >= 4 is 27.2 Å². The zero-order valence-corrected chi connectivity index (χ0v) is 16.3. The molecule has 0 aliphatic heterocycles. The van der Waals surface area contributed by atoms with Crippen molar-refractivity contribution in [3.8, 4) is 0 Å². The molecule has 0 unspecified atom stereocenters. The lowest BCUT2D eigenvalue weighted by Crippen LogP contribution is -2.30. The van der Waals surface area contributed by atoms with Crippen molar-refractivity contribution in [3.63, 3.8) is 0 Å². The quantitative estimate of drug-likeness (QED) is 0.649. The Morgan fingerprint density at radius 3 is 2.19 bits per heavy atom. The summed E-state index contributed by atoms with van der Waals surface area (Å²) in [5.41, 5.74) is 2.81. The summed E-state index contributed by atoms with van der Waals surface area (Å²) in [6.07, 6.45) is 2.38. The van der Waals surface area contributed by atoms with Gasteiger partial charge in [-0.25, -0.2) is 13.4 Å². The minimum atomic E-state index is -3.66. The van der Waals surface area contributed by atoms with E-state index in [9.17, 15) is 8.42 Å². The second-order valence-corrected chi connectivity index (χ2v) is 7.92. The molecular weight excluding hydrogens is 358 g/mol. The van der Waals surface area contributed by atoms with Crippen LogP contribution in [0.2, 0.25) is 0 Å². The lowest BCUT2D eigenvalue weighted by Gasteiger charge is -2.22. The number of nitrogens with zero attached hydrogens (tertiary/aromatic N) is 2. The average Bonchev–Trinajstić information content (AvgIpc) is 2.70. The molecule has 0 amide bonds. The summed E-state index contributed by atoms with van der Waals surface area (Å²) in [5, 5.41) is 3.19. The van der Waals surface area contributed by atoms with Crippen LogP contribution in [0.25, 0.3) is 0 Å². The summed E-state index contributed by atoms with van der Waals surface area (Å²) in [6.45, 7) is 4.27. The largest absolute Gasteiger partial charge is 0.340 e. The molecule has 3 rings (SSSR count). The molecule has 0 atom stereocenters. The Morgan fingerprint density at radius 2 is 1.63 bits per heavy atom. The van der Waals surface area contributed by atoms with E-state index in [0.29, 0.717) is 18.1 Å². The van der Waals surface area contributed by atoms with Crippen LogP contribution in [0.5, 0.6) is 0 Å². The van der Waals surface area contributed by atoms with Crippen LogP contribution in [0.4, 0.5) is 17.2 Å². The predicted octanol–water partition coefficient (Wildman–Crippen LogP) is 4.60. The highest BCUT2D eigenvalue weighted by atomic mass is 32.2. The highest BCUT2D eigenvalue weighted by Crippen LogP contribution is 2.24. The molecule has 0 spiro atoms. The number of benzene rings is 2. The number of pyridine rings is 1. The van der Waals surface area contributed by atoms with Crippen LogP contribution >= 0.6 is 0 Å². The number of aromatic nitrogens is 1. The van der Waals surface area contributed by atoms with Gasteiger partial charge < -0.3 is 5.32 Å². The summed E-state index contributed by atoms with van der Waals surface area (Å²) in [4.78, 5) is 4.44. The van der Waals surface area contributed by atoms with Crippen molar-refractivity contribution in [1.29, 1.82) is 0 Å². The molecular formula is C21H23N3O2S. The Hall–Kier alpha value is -2.86. The van der Waals surface area contributed by atoms with E-state index in [1.54, 1.807) is 24.3 Å². The van der Waals surface area contributed by atoms with E-state index in [4.69, 9.17) is 0 Å². The minimum Gasteiger partial charge on any atom is -0.340 e. The molecule has 2 aromatic carbocycles. The Bertz CT molecular complexity index is 970. The highest BCUT2D eigenvalue weighted by molar-refractivity contribution is 7.92. The van der Waals surface area contributed by atoms with Gasteiger partial charge >= 0.3 is 0 Å². The molecule has 0 saturated heterocycles. The van der Waals surface area contributed by atoms with Crippen molar-refractivity contribution < 1.29 is 8.42 Å². The third kappa shape index (κ3) is 4.28. The number of aryl methyl sites for hydroxylation is 1. The van der Waals surface area contributed by atoms with Gasteiger partial charge in [-0.1, -0.05) is 37.3 Å². The van der Waals surface area contributed by atoms with Gasteiger partial charge in [0.15, 0.2) is 0 Å². The fourth-order valence-corrected chi connectivity index (χ4v) is 4.21. The van der Waals surface area contributed by atoms with Gasteiger partial charge in [0.25, 0.3) is 10.0 Å². The van der Waals surface area contributed by atoms with E-state index in [2.05, 4.69) is 29.4 Å². The van der Waals surface area contributed by atoms with Crippen LogP contribution in [0.3, 0.4) is 0 Å². The molecule has 27 heavy (non-hydrogen) atoms. The van der Waals surface area contributed by atoms with Gasteiger partial charge in [0.2, 0.25) is 0 Å². The molecule has 0 saturated carbocycles. The smallest absolute Gasteiger partial charge is 0.265 e. The fourth-order valence-electron chi connectivity index (χ4n) is 2.79. The molecule has 3 aromatic rings. The molecule has 0 aliphatic rings. The first-order valence-electron chi connectivity index (χ1n) is 8.94. The van der Waals surface area contributed by atoms with Gasteiger partial charge in [-0.3, -0.25) is 4.31 Å². The molecule has 6 heteroatoms. The Labute approximate surface area is 160 Å². The SMILES string of the molecule is CCc1ccc(Nc2ccc(S(=O)(=O)N(CC)c3ccccc3)cn2)cc1. The van der Waals surface area contributed by atoms with Gasteiger partial charge in [-0.15, -0.1) is 0 Å². The normalized spacial score (nSPS) is 11.2. The fraction of sp³-hybridized carbons (Fsp3) is 0.190. The number of rotatable bonds is 7. The third-order valence-corrected chi connectivity index (χ3v) is 6.18. The molecule has 1 heterocycles. The maximum absolute atomic E-state index is 13.0. The summed E-state index contributed by atoms with van der Waals surface area (Å²) >= 11 is 0. The average molecular weight is 382 g/mol. The maximum atomic E-state index is 13.0. The first-order valence-corrected chi connectivity index (χ1v) is 10.4. The summed E-state index contributed by atoms with van der Waals surface area (Å²) in [7, 11) is -3.66. The summed E-state index contributed by atoms with van der Waals surface area (Å²) < 4.78 is 27.3. The van der Waals surface area contributed by atoms with E-state index < -0.39 is 10.0 Å². The van der Waals surface area contributed by atoms with E-state index in [1.807, 2.05) is 37.3 Å². The van der Waals surface area contributed by atoms with Crippen molar-refractivity contribution in [1.82, 2.24) is 4.98 Å². The maximum Gasteiger partial charge on any atom is 0.265 e. The molecule has 140 valence electrons. The second kappa shape index (κ2) is 8.22. The lowest BCUT2D eigenvalue weighted by molar-refractivity contribution is 0.591. The number of nitrogens with one attached hydrogen (secondary N) is 1. The lowest BCUT2D eigenvalue weighted by atomic mass is 10.1. The number of anilines is 3. The topological polar surface area (TPSA) is 62.3 Å². The zero-order valence-electron chi connectivity index (χ0n) is 15.5. The van der Waals surface area contributed by atoms with Crippen LogP contribution in [-0.2, 0) is 16.4 Å². The molecule has 0 aliphatic carbocycles. The first-order chi connectivity index (χ1) is 13.0.